The van der Waals surface area contributed by atoms with Crippen molar-refractivity contribution in [3.63, 3.8) is 0 Å². The van der Waals surface area contributed by atoms with Crippen LogP contribution >= 0.6 is 35.3 Å². The third kappa shape index (κ3) is 6.61. The van der Waals surface area contributed by atoms with E-state index in [0.29, 0.717) is 15.8 Å². The van der Waals surface area contributed by atoms with Crippen molar-refractivity contribution in [2.45, 2.75) is 18.7 Å². The molecule has 0 aliphatic rings. The number of rotatable bonds is 7. The average molecular weight is 458 g/mol. The van der Waals surface area contributed by atoms with Gasteiger partial charge in [0.1, 0.15) is 5.01 Å². The summed E-state index contributed by atoms with van der Waals surface area (Å²) in [6.07, 6.45) is 0. The van der Waals surface area contributed by atoms with Crippen LogP contribution in [0, 0.1) is 6.92 Å². The number of thioether (sulfide) groups is 1. The molecule has 1 aromatic heterocycles. The summed E-state index contributed by atoms with van der Waals surface area (Å²) >= 11 is 8.11. The predicted molar refractivity (Wildman–Crippen MR) is 127 cm³/mol. The maximum Gasteiger partial charge on any atom is 0.236 e. The molecule has 0 bridgehead atoms. The van der Waals surface area contributed by atoms with Crippen LogP contribution in [0.25, 0.3) is 0 Å². The average Bonchev–Trinajstić information content (AvgIpc) is 3.11. The Morgan fingerprint density at radius 1 is 1.03 bits per heavy atom. The number of nitrogens with zero attached hydrogens (tertiary/aromatic N) is 2. The van der Waals surface area contributed by atoms with Crippen molar-refractivity contribution in [3.05, 3.63) is 59.1 Å². The Hall–Kier alpha value is -2.82. The fourth-order valence-corrected chi connectivity index (χ4v) is 4.00. The number of amides is 1. The van der Waals surface area contributed by atoms with E-state index < -0.39 is 0 Å². The molecule has 154 valence electrons. The second-order valence-corrected chi connectivity index (χ2v) is 8.84. The number of carbonyl (C=O) groups is 2. The molecule has 0 atom stereocenters. The first-order valence-corrected chi connectivity index (χ1v) is 11.1. The van der Waals surface area contributed by atoms with Gasteiger partial charge in [0, 0.05) is 21.8 Å². The molecule has 1 heterocycles. The third-order valence-electron chi connectivity index (χ3n) is 3.78. The summed E-state index contributed by atoms with van der Waals surface area (Å²) < 4.78 is 0. The van der Waals surface area contributed by atoms with Gasteiger partial charge in [-0.3, -0.25) is 14.9 Å². The van der Waals surface area contributed by atoms with Gasteiger partial charge in [-0.25, -0.2) is 0 Å². The fourth-order valence-electron chi connectivity index (χ4n) is 2.40. The number of ketones is 1. The van der Waals surface area contributed by atoms with E-state index in [1.807, 2.05) is 31.2 Å². The zero-order chi connectivity index (χ0) is 21.5. The van der Waals surface area contributed by atoms with E-state index in [0.717, 1.165) is 21.3 Å². The molecule has 3 aromatic rings. The van der Waals surface area contributed by atoms with E-state index >= 15 is 0 Å². The monoisotopic (exact) mass is 457 g/mol. The van der Waals surface area contributed by atoms with Gasteiger partial charge < -0.3 is 10.6 Å². The van der Waals surface area contributed by atoms with Crippen LogP contribution in [0.15, 0.2) is 53.4 Å². The second kappa shape index (κ2) is 10.3. The van der Waals surface area contributed by atoms with E-state index in [2.05, 4.69) is 26.1 Å². The first kappa shape index (κ1) is 21.9. The van der Waals surface area contributed by atoms with Crippen molar-refractivity contribution in [2.24, 2.45) is 0 Å². The smallest absolute Gasteiger partial charge is 0.236 e. The summed E-state index contributed by atoms with van der Waals surface area (Å²) in [6.45, 7) is 3.36. The number of Topliss-reactive ketones (excluding diaryl/α,β-unsaturated/α-hetero) is 1. The lowest BCUT2D eigenvalue weighted by Gasteiger charge is -2.12. The maximum atomic E-state index is 12.1. The number of anilines is 3. The molecule has 0 fully saturated rings. The lowest BCUT2D eigenvalue weighted by Crippen LogP contribution is -2.19. The molecular formula is C20H19N5O2S3. The van der Waals surface area contributed by atoms with E-state index in [9.17, 15) is 9.59 Å². The summed E-state index contributed by atoms with van der Waals surface area (Å²) in [7, 11) is 0. The van der Waals surface area contributed by atoms with Crippen LogP contribution in [-0.4, -0.2) is 32.8 Å². The first-order chi connectivity index (χ1) is 14.4. The summed E-state index contributed by atoms with van der Waals surface area (Å²) in [5.74, 6) is 0.136. The molecule has 0 unspecified atom stereocenters. The van der Waals surface area contributed by atoms with Crippen molar-refractivity contribution in [2.75, 3.05) is 21.7 Å². The highest BCUT2D eigenvalue weighted by molar-refractivity contribution is 8.00. The van der Waals surface area contributed by atoms with Gasteiger partial charge in [-0.1, -0.05) is 17.4 Å². The summed E-state index contributed by atoms with van der Waals surface area (Å²) in [6, 6.07) is 14.7. The van der Waals surface area contributed by atoms with Crippen molar-refractivity contribution >= 4 is 68.6 Å². The molecule has 10 heteroatoms. The number of nitrogens with one attached hydrogen (secondary N) is 3. The molecule has 2 aromatic carbocycles. The van der Waals surface area contributed by atoms with Crippen LogP contribution < -0.4 is 16.0 Å². The molecule has 7 nitrogen and oxygen atoms in total. The Morgan fingerprint density at radius 3 is 2.43 bits per heavy atom. The van der Waals surface area contributed by atoms with Gasteiger partial charge in [-0.2, -0.15) is 0 Å². The van der Waals surface area contributed by atoms with Crippen LogP contribution in [-0.2, 0) is 4.79 Å². The first-order valence-electron chi connectivity index (χ1n) is 8.91. The Kier molecular flexibility index (Phi) is 7.50. The molecular weight excluding hydrogens is 438 g/mol. The molecule has 30 heavy (non-hydrogen) atoms. The Balaban J connectivity index is 1.51. The zero-order valence-electron chi connectivity index (χ0n) is 16.3. The predicted octanol–water partition coefficient (Wildman–Crippen LogP) is 4.59. The molecule has 0 saturated carbocycles. The van der Waals surface area contributed by atoms with Crippen LogP contribution in [0.4, 0.5) is 16.5 Å². The van der Waals surface area contributed by atoms with Gasteiger partial charge >= 0.3 is 0 Å². The fraction of sp³-hybridized carbons (Fsp3) is 0.150. The summed E-state index contributed by atoms with van der Waals surface area (Å²) in [4.78, 5) is 24.3. The lowest BCUT2D eigenvalue weighted by atomic mass is 10.1. The van der Waals surface area contributed by atoms with Crippen LogP contribution in [0.5, 0.6) is 0 Å². The molecule has 0 aliphatic heterocycles. The SMILES string of the molecule is CC(=O)c1ccc(NC(=S)Nc2cccc(SCC(=O)Nc3nnc(C)s3)c2)cc1. The van der Waals surface area contributed by atoms with Crippen molar-refractivity contribution < 1.29 is 9.59 Å². The van der Waals surface area contributed by atoms with Crippen molar-refractivity contribution in [1.82, 2.24) is 10.2 Å². The van der Waals surface area contributed by atoms with E-state index in [1.54, 1.807) is 24.3 Å². The van der Waals surface area contributed by atoms with E-state index in [4.69, 9.17) is 12.2 Å². The van der Waals surface area contributed by atoms with Crippen molar-refractivity contribution in [1.29, 1.82) is 0 Å². The lowest BCUT2D eigenvalue weighted by molar-refractivity contribution is -0.113. The molecule has 0 spiro atoms. The molecule has 0 radical (unpaired) electrons. The van der Waals surface area contributed by atoms with Gasteiger partial charge in [0.15, 0.2) is 10.9 Å². The van der Waals surface area contributed by atoms with Crippen LogP contribution in [0.3, 0.4) is 0 Å². The Bertz CT molecular complexity index is 1070. The van der Waals surface area contributed by atoms with Crippen LogP contribution in [0.1, 0.15) is 22.3 Å². The Morgan fingerprint density at radius 2 is 1.77 bits per heavy atom. The Labute approximate surface area is 187 Å². The van der Waals surface area contributed by atoms with E-state index in [1.165, 1.54) is 30.0 Å². The van der Waals surface area contributed by atoms with Gasteiger partial charge in [0.2, 0.25) is 11.0 Å². The number of benzene rings is 2. The minimum atomic E-state index is -0.138. The van der Waals surface area contributed by atoms with Crippen LogP contribution in [0.2, 0.25) is 0 Å². The van der Waals surface area contributed by atoms with Gasteiger partial charge in [0.05, 0.1) is 5.75 Å². The molecule has 3 N–H and O–H groups in total. The number of aromatic nitrogens is 2. The molecule has 0 saturated heterocycles. The molecule has 1 amide bonds. The highest BCUT2D eigenvalue weighted by atomic mass is 32.2. The molecule has 3 rings (SSSR count). The highest BCUT2D eigenvalue weighted by Crippen LogP contribution is 2.23. The van der Waals surface area contributed by atoms with Gasteiger partial charge in [-0.15, -0.1) is 22.0 Å². The number of carbonyl (C=O) groups excluding carboxylic acids is 2. The minimum absolute atomic E-state index is 0.0173. The number of hydrogen-bond acceptors (Lipinski definition) is 7. The largest absolute Gasteiger partial charge is 0.332 e. The maximum absolute atomic E-state index is 12.1. The topological polar surface area (TPSA) is 96.0 Å². The second-order valence-electron chi connectivity index (χ2n) is 6.20. The summed E-state index contributed by atoms with van der Waals surface area (Å²) in [5, 5.41) is 18.4. The zero-order valence-corrected chi connectivity index (χ0v) is 18.7. The quantitative estimate of drug-likeness (QED) is 0.269. The number of aryl methyl sites for hydroxylation is 1. The number of thiocarbonyl (C=S) groups is 1. The molecule has 0 aliphatic carbocycles. The van der Waals surface area contributed by atoms with Gasteiger partial charge in [0.25, 0.3) is 0 Å². The van der Waals surface area contributed by atoms with Gasteiger partial charge in [-0.05, 0) is 68.5 Å². The highest BCUT2D eigenvalue weighted by Gasteiger charge is 2.08. The minimum Gasteiger partial charge on any atom is -0.332 e. The number of hydrogen-bond donors (Lipinski definition) is 3. The van der Waals surface area contributed by atoms with Crippen molar-refractivity contribution in [3.8, 4) is 0 Å². The normalized spacial score (nSPS) is 10.3. The van der Waals surface area contributed by atoms with E-state index in [-0.39, 0.29) is 17.4 Å². The summed E-state index contributed by atoms with van der Waals surface area (Å²) in [5.41, 5.74) is 2.24. The standard InChI is InChI=1S/C20H19N5O2S3/c1-12(26)14-6-8-15(9-7-14)21-19(28)22-16-4-3-5-17(10-16)29-11-18(27)23-20-25-24-13(2)30-20/h3-10H,11H2,1-2H3,(H2,21,22,28)(H,23,25,27). The third-order valence-corrected chi connectivity index (χ3v) is 5.74.